The second-order valence-corrected chi connectivity index (χ2v) is 4.64. The van der Waals surface area contributed by atoms with Crippen LogP contribution in [-0.4, -0.2) is 30.6 Å². The number of para-hydroxylation sites is 3. The van der Waals surface area contributed by atoms with Gasteiger partial charge >= 0.3 is 5.69 Å². The van der Waals surface area contributed by atoms with E-state index in [0.717, 1.165) is 0 Å². The second kappa shape index (κ2) is 8.47. The monoisotopic (exact) mass is 334 g/mol. The number of rotatable bonds is 8. The molecule has 2 aromatic carbocycles. The van der Waals surface area contributed by atoms with Crippen molar-refractivity contribution >= 4 is 11.6 Å². The second-order valence-electron chi connectivity index (χ2n) is 4.64. The maximum Gasteiger partial charge on any atom is 0.310 e. The van der Waals surface area contributed by atoms with Gasteiger partial charge in [-0.25, -0.2) is 4.39 Å². The van der Waals surface area contributed by atoms with E-state index in [0.29, 0.717) is 0 Å². The van der Waals surface area contributed by atoms with Gasteiger partial charge in [-0.05, 0) is 18.2 Å². The molecular weight excluding hydrogens is 319 g/mol. The molecule has 0 radical (unpaired) electrons. The minimum absolute atomic E-state index is 0.0141. The lowest BCUT2D eigenvalue weighted by Crippen LogP contribution is -2.32. The molecule has 24 heavy (non-hydrogen) atoms. The first-order valence-electron chi connectivity index (χ1n) is 7.08. The van der Waals surface area contributed by atoms with Crippen LogP contribution in [0.4, 0.5) is 10.1 Å². The molecule has 2 rings (SSSR count). The smallest absolute Gasteiger partial charge is 0.310 e. The highest BCUT2D eigenvalue weighted by Gasteiger charge is 2.14. The molecule has 0 unspecified atom stereocenters. The van der Waals surface area contributed by atoms with Crippen molar-refractivity contribution in [2.45, 2.75) is 0 Å². The molecule has 0 saturated heterocycles. The summed E-state index contributed by atoms with van der Waals surface area (Å²) in [4.78, 5) is 21.9. The lowest BCUT2D eigenvalue weighted by Gasteiger charge is -2.09. The molecule has 0 fully saturated rings. The first kappa shape index (κ1) is 17.2. The fraction of sp³-hybridized carbons (Fsp3) is 0.188. The van der Waals surface area contributed by atoms with E-state index in [1.165, 1.54) is 30.3 Å². The first-order valence-corrected chi connectivity index (χ1v) is 7.08. The van der Waals surface area contributed by atoms with E-state index in [1.807, 2.05) is 0 Å². The average Bonchev–Trinajstić information content (AvgIpc) is 2.58. The van der Waals surface area contributed by atoms with Crippen LogP contribution in [0.1, 0.15) is 0 Å². The third-order valence-corrected chi connectivity index (χ3v) is 2.94. The van der Waals surface area contributed by atoms with Crippen LogP contribution >= 0.6 is 0 Å². The summed E-state index contributed by atoms with van der Waals surface area (Å²) in [6.45, 7) is -0.143. The highest BCUT2D eigenvalue weighted by molar-refractivity contribution is 5.77. The predicted octanol–water partition coefficient (Wildman–Crippen LogP) is 2.31. The van der Waals surface area contributed by atoms with E-state index in [2.05, 4.69) is 5.32 Å². The van der Waals surface area contributed by atoms with Crippen molar-refractivity contribution < 1.29 is 23.6 Å². The minimum atomic E-state index is -0.588. The maximum absolute atomic E-state index is 13.3. The number of carbonyl (C=O) groups is 1. The van der Waals surface area contributed by atoms with Gasteiger partial charge in [0.05, 0.1) is 11.5 Å². The van der Waals surface area contributed by atoms with Crippen molar-refractivity contribution in [3.63, 3.8) is 0 Å². The van der Waals surface area contributed by atoms with Crippen LogP contribution in [-0.2, 0) is 4.79 Å². The van der Waals surface area contributed by atoms with Gasteiger partial charge in [-0.15, -0.1) is 0 Å². The van der Waals surface area contributed by atoms with Gasteiger partial charge in [-0.3, -0.25) is 14.9 Å². The quantitative estimate of drug-likeness (QED) is 0.454. The number of nitrogens with zero attached hydrogens (tertiary/aromatic N) is 1. The Hall–Kier alpha value is -3.16. The lowest BCUT2D eigenvalue weighted by molar-refractivity contribution is -0.385. The van der Waals surface area contributed by atoms with E-state index in [9.17, 15) is 19.3 Å². The SMILES string of the molecule is O=C(COc1ccccc1[N+](=O)[O-])NCCOc1ccccc1F. The Morgan fingerprint density at radius 3 is 2.46 bits per heavy atom. The van der Waals surface area contributed by atoms with Gasteiger partial charge in [-0.2, -0.15) is 0 Å². The first-order chi connectivity index (χ1) is 11.6. The van der Waals surface area contributed by atoms with E-state index in [1.54, 1.807) is 18.2 Å². The maximum atomic E-state index is 13.3. The minimum Gasteiger partial charge on any atom is -0.489 e. The number of carbonyl (C=O) groups excluding carboxylic acids is 1. The molecule has 8 heteroatoms. The van der Waals surface area contributed by atoms with Gasteiger partial charge in [0, 0.05) is 6.07 Å². The number of nitrogens with one attached hydrogen (secondary N) is 1. The number of hydrogen-bond acceptors (Lipinski definition) is 5. The highest BCUT2D eigenvalue weighted by Crippen LogP contribution is 2.25. The average molecular weight is 334 g/mol. The van der Waals surface area contributed by atoms with Crippen LogP contribution < -0.4 is 14.8 Å². The zero-order valence-corrected chi connectivity index (χ0v) is 12.6. The summed E-state index contributed by atoms with van der Waals surface area (Å²) >= 11 is 0. The number of benzene rings is 2. The van der Waals surface area contributed by atoms with Gasteiger partial charge in [0.15, 0.2) is 23.9 Å². The summed E-state index contributed by atoms with van der Waals surface area (Å²) < 4.78 is 23.6. The third kappa shape index (κ3) is 4.94. The van der Waals surface area contributed by atoms with E-state index >= 15 is 0 Å². The van der Waals surface area contributed by atoms with E-state index < -0.39 is 16.6 Å². The molecule has 0 aliphatic heterocycles. The molecule has 0 saturated carbocycles. The Kier molecular flexibility index (Phi) is 6.07. The van der Waals surface area contributed by atoms with Gasteiger partial charge in [0.1, 0.15) is 6.61 Å². The topological polar surface area (TPSA) is 90.7 Å². The van der Waals surface area contributed by atoms with Crippen molar-refractivity contribution in [1.82, 2.24) is 5.32 Å². The van der Waals surface area contributed by atoms with E-state index in [4.69, 9.17) is 9.47 Å². The lowest BCUT2D eigenvalue weighted by atomic mass is 10.3. The summed E-state index contributed by atoms with van der Waals surface area (Å²) in [5.41, 5.74) is -0.215. The molecule has 7 nitrogen and oxygen atoms in total. The van der Waals surface area contributed by atoms with Crippen LogP contribution in [0.15, 0.2) is 48.5 Å². The number of hydrogen-bond donors (Lipinski definition) is 1. The fourth-order valence-corrected chi connectivity index (χ4v) is 1.84. The molecule has 0 aliphatic rings. The standard InChI is InChI=1S/C16H15FN2O5/c17-12-5-1-3-7-14(12)23-10-9-18-16(20)11-24-15-8-4-2-6-13(15)19(21)22/h1-8H,9-11H2,(H,18,20). The number of nitro benzene ring substituents is 1. The molecule has 0 aliphatic carbocycles. The predicted molar refractivity (Wildman–Crippen MR) is 83.5 cm³/mol. The molecular formula is C16H15FN2O5. The molecule has 0 atom stereocenters. The van der Waals surface area contributed by atoms with Crippen molar-refractivity contribution in [1.29, 1.82) is 0 Å². The van der Waals surface area contributed by atoms with Crippen LogP contribution in [0.5, 0.6) is 11.5 Å². The number of amides is 1. The van der Waals surface area contributed by atoms with Crippen LogP contribution in [0, 0.1) is 15.9 Å². The molecule has 1 N–H and O–H groups in total. The van der Waals surface area contributed by atoms with Crippen molar-refractivity contribution in [3.8, 4) is 11.5 Å². The third-order valence-electron chi connectivity index (χ3n) is 2.94. The Bertz CT molecular complexity index is 723. The van der Waals surface area contributed by atoms with Crippen LogP contribution in [0.25, 0.3) is 0 Å². The van der Waals surface area contributed by atoms with Crippen LogP contribution in [0.2, 0.25) is 0 Å². The summed E-state index contributed by atoms with van der Waals surface area (Å²) in [6, 6.07) is 11.7. The molecule has 0 bridgehead atoms. The normalized spacial score (nSPS) is 10.0. The fourth-order valence-electron chi connectivity index (χ4n) is 1.84. The Morgan fingerprint density at radius 2 is 1.75 bits per heavy atom. The number of halogens is 1. The van der Waals surface area contributed by atoms with E-state index in [-0.39, 0.29) is 36.9 Å². The van der Waals surface area contributed by atoms with Crippen LogP contribution in [0.3, 0.4) is 0 Å². The summed E-state index contributed by atoms with van der Waals surface area (Å²) in [5.74, 6) is -0.836. The summed E-state index contributed by atoms with van der Waals surface area (Å²) in [5, 5.41) is 13.3. The number of ether oxygens (including phenoxy) is 2. The molecule has 0 heterocycles. The molecule has 126 valence electrons. The number of nitro groups is 1. The van der Waals surface area contributed by atoms with Crippen molar-refractivity contribution in [3.05, 3.63) is 64.5 Å². The Labute approximate surface area is 137 Å². The Morgan fingerprint density at radius 1 is 1.08 bits per heavy atom. The van der Waals surface area contributed by atoms with Gasteiger partial charge in [0.25, 0.3) is 5.91 Å². The van der Waals surface area contributed by atoms with Crippen molar-refractivity contribution in [2.75, 3.05) is 19.8 Å². The van der Waals surface area contributed by atoms with Crippen molar-refractivity contribution in [2.24, 2.45) is 0 Å². The summed E-state index contributed by atoms with van der Waals surface area (Å²) in [7, 11) is 0. The Balaban J connectivity index is 1.73. The molecule has 2 aromatic rings. The van der Waals surface area contributed by atoms with Gasteiger partial charge in [-0.1, -0.05) is 24.3 Å². The van der Waals surface area contributed by atoms with Gasteiger partial charge in [0.2, 0.25) is 0 Å². The molecule has 0 aromatic heterocycles. The zero-order chi connectivity index (χ0) is 17.4. The molecule has 0 spiro atoms. The van der Waals surface area contributed by atoms with Gasteiger partial charge < -0.3 is 14.8 Å². The summed E-state index contributed by atoms with van der Waals surface area (Å²) in [6.07, 6.45) is 0. The molecule has 1 amide bonds. The highest BCUT2D eigenvalue weighted by atomic mass is 19.1. The largest absolute Gasteiger partial charge is 0.489 e. The zero-order valence-electron chi connectivity index (χ0n) is 12.6.